The Hall–Kier alpha value is -2.10. The van der Waals surface area contributed by atoms with E-state index in [4.69, 9.17) is 0 Å². The number of piperidine rings is 1. The summed E-state index contributed by atoms with van der Waals surface area (Å²) in [5.74, 6) is 1.67. The molecule has 2 fully saturated rings. The van der Waals surface area contributed by atoms with Crippen LogP contribution in [0.25, 0.3) is 0 Å². The smallest absolute Gasteiger partial charge is 0.226 e. The molecule has 4 nitrogen and oxygen atoms in total. The molecule has 2 heterocycles. The molecule has 2 aromatic rings. The summed E-state index contributed by atoms with van der Waals surface area (Å²) in [6.07, 6.45) is 8.35. The monoisotopic (exact) mass is 323 g/mol. The van der Waals surface area contributed by atoms with Gasteiger partial charge in [0.25, 0.3) is 0 Å². The Balaban J connectivity index is 1.28. The Labute approximate surface area is 143 Å². The molecule has 1 amide bonds. The number of rotatable bonds is 4. The van der Waals surface area contributed by atoms with Gasteiger partial charge in [-0.15, -0.1) is 0 Å². The molecule has 2 aliphatic rings. The van der Waals surface area contributed by atoms with Crippen LogP contribution in [0.2, 0.25) is 0 Å². The van der Waals surface area contributed by atoms with E-state index in [-0.39, 0.29) is 5.92 Å². The van der Waals surface area contributed by atoms with Gasteiger partial charge in [0.1, 0.15) is 0 Å². The maximum Gasteiger partial charge on any atom is 0.226 e. The Morgan fingerprint density at radius 3 is 2.62 bits per heavy atom. The van der Waals surface area contributed by atoms with Crippen LogP contribution < -0.4 is 0 Å². The van der Waals surface area contributed by atoms with Crippen LogP contribution in [0.3, 0.4) is 0 Å². The van der Waals surface area contributed by atoms with Crippen LogP contribution in [0.4, 0.5) is 0 Å². The van der Waals surface area contributed by atoms with E-state index in [1.165, 1.54) is 11.1 Å². The molecule has 4 heteroatoms. The zero-order valence-electron chi connectivity index (χ0n) is 14.3. The van der Waals surface area contributed by atoms with E-state index in [1.54, 1.807) is 0 Å². The molecule has 126 valence electrons. The zero-order valence-corrected chi connectivity index (χ0v) is 14.3. The predicted molar refractivity (Wildman–Crippen MR) is 93.5 cm³/mol. The summed E-state index contributed by atoms with van der Waals surface area (Å²) in [5.41, 5.74) is 2.64. The highest BCUT2D eigenvalue weighted by Crippen LogP contribution is 2.48. The third-order valence-electron chi connectivity index (χ3n) is 5.55. The van der Waals surface area contributed by atoms with Crippen molar-refractivity contribution in [3.05, 3.63) is 53.9 Å². The van der Waals surface area contributed by atoms with E-state index in [1.807, 2.05) is 24.1 Å². The standard InChI is InChI=1S/C20H25N3O/c1-22-14-17(13-21-22)18-12-19(18)20(24)23-9-7-16(8-10-23)11-15-5-3-2-4-6-15/h2-6,13-14,16,18-19H,7-12H2,1H3/t18-,19-/m0/s1. The minimum atomic E-state index is 0.194. The average Bonchev–Trinajstić information content (AvgIpc) is 3.30. The SMILES string of the molecule is Cn1cc([C@@H]2C[C@@H]2C(=O)N2CCC(Cc3ccccc3)CC2)cn1. The van der Waals surface area contributed by atoms with Crippen LogP contribution in [0.5, 0.6) is 0 Å². The van der Waals surface area contributed by atoms with Crippen molar-refractivity contribution in [2.45, 2.75) is 31.6 Å². The van der Waals surface area contributed by atoms with Crippen LogP contribution in [0.15, 0.2) is 42.7 Å². The van der Waals surface area contributed by atoms with Gasteiger partial charge in [-0.1, -0.05) is 30.3 Å². The number of benzene rings is 1. The van der Waals surface area contributed by atoms with Crippen molar-refractivity contribution in [3.63, 3.8) is 0 Å². The Morgan fingerprint density at radius 2 is 1.96 bits per heavy atom. The molecule has 0 unspecified atom stereocenters. The number of carbonyl (C=O) groups excluding carboxylic acids is 1. The molecule has 24 heavy (non-hydrogen) atoms. The first-order chi connectivity index (χ1) is 11.7. The highest BCUT2D eigenvalue weighted by Gasteiger charge is 2.46. The largest absolute Gasteiger partial charge is 0.342 e. The minimum Gasteiger partial charge on any atom is -0.342 e. The van der Waals surface area contributed by atoms with E-state index in [0.717, 1.165) is 38.8 Å². The van der Waals surface area contributed by atoms with Gasteiger partial charge in [-0.3, -0.25) is 9.48 Å². The van der Waals surface area contributed by atoms with Gasteiger partial charge in [0, 0.05) is 32.3 Å². The number of carbonyl (C=O) groups is 1. The molecule has 0 spiro atoms. The van der Waals surface area contributed by atoms with Crippen LogP contribution in [-0.2, 0) is 18.3 Å². The van der Waals surface area contributed by atoms with Crippen LogP contribution in [0.1, 0.15) is 36.3 Å². The van der Waals surface area contributed by atoms with Crippen molar-refractivity contribution >= 4 is 5.91 Å². The van der Waals surface area contributed by atoms with Crippen molar-refractivity contribution in [2.75, 3.05) is 13.1 Å². The minimum absolute atomic E-state index is 0.194. The van der Waals surface area contributed by atoms with E-state index in [2.05, 4.69) is 40.3 Å². The van der Waals surface area contributed by atoms with Gasteiger partial charge in [0.15, 0.2) is 0 Å². The molecule has 0 N–H and O–H groups in total. The first-order valence-electron chi connectivity index (χ1n) is 9.02. The van der Waals surface area contributed by atoms with Crippen molar-refractivity contribution in [2.24, 2.45) is 18.9 Å². The first-order valence-corrected chi connectivity index (χ1v) is 9.02. The molecule has 2 atom stereocenters. The van der Waals surface area contributed by atoms with Crippen LogP contribution >= 0.6 is 0 Å². The van der Waals surface area contributed by atoms with Crippen molar-refractivity contribution < 1.29 is 4.79 Å². The lowest BCUT2D eigenvalue weighted by Crippen LogP contribution is -2.40. The molecular formula is C20H25N3O. The number of likely N-dealkylation sites (tertiary alicyclic amines) is 1. The molecule has 0 bridgehead atoms. The second-order valence-electron chi connectivity index (χ2n) is 7.35. The summed E-state index contributed by atoms with van der Waals surface area (Å²) in [5, 5.41) is 4.23. The summed E-state index contributed by atoms with van der Waals surface area (Å²) >= 11 is 0. The van der Waals surface area contributed by atoms with Gasteiger partial charge in [0.05, 0.1) is 6.20 Å². The maximum absolute atomic E-state index is 12.7. The van der Waals surface area contributed by atoms with Gasteiger partial charge < -0.3 is 4.90 Å². The second-order valence-corrected chi connectivity index (χ2v) is 7.35. The quantitative estimate of drug-likeness (QED) is 0.867. The fourth-order valence-corrected chi connectivity index (χ4v) is 4.01. The van der Waals surface area contributed by atoms with Gasteiger partial charge in [-0.05, 0) is 48.6 Å². The zero-order chi connectivity index (χ0) is 16.5. The lowest BCUT2D eigenvalue weighted by atomic mass is 9.90. The third kappa shape index (κ3) is 3.23. The molecule has 1 saturated heterocycles. The van der Waals surface area contributed by atoms with Gasteiger partial charge in [-0.25, -0.2) is 0 Å². The van der Waals surface area contributed by atoms with Crippen molar-refractivity contribution in [1.29, 1.82) is 0 Å². The Bertz CT molecular complexity index is 701. The summed E-state index contributed by atoms with van der Waals surface area (Å²) in [6.45, 7) is 1.85. The molecule has 1 aromatic carbocycles. The number of hydrogen-bond acceptors (Lipinski definition) is 2. The van der Waals surface area contributed by atoms with Gasteiger partial charge in [0.2, 0.25) is 5.91 Å². The van der Waals surface area contributed by atoms with Gasteiger partial charge in [-0.2, -0.15) is 5.10 Å². The summed E-state index contributed by atoms with van der Waals surface area (Å²) in [6, 6.07) is 10.7. The molecule has 1 aliphatic heterocycles. The summed E-state index contributed by atoms with van der Waals surface area (Å²) in [7, 11) is 1.93. The highest BCUT2D eigenvalue weighted by atomic mass is 16.2. The van der Waals surface area contributed by atoms with Gasteiger partial charge >= 0.3 is 0 Å². The lowest BCUT2D eigenvalue weighted by Gasteiger charge is -2.32. The fraction of sp³-hybridized carbons (Fsp3) is 0.500. The van der Waals surface area contributed by atoms with E-state index < -0.39 is 0 Å². The van der Waals surface area contributed by atoms with E-state index >= 15 is 0 Å². The normalized spacial score (nSPS) is 24.1. The number of amides is 1. The summed E-state index contributed by atoms with van der Waals surface area (Å²) in [4.78, 5) is 14.8. The number of nitrogens with zero attached hydrogens (tertiary/aromatic N) is 3. The highest BCUT2D eigenvalue weighted by molar-refractivity contribution is 5.83. The predicted octanol–water partition coefficient (Wildman–Crippen LogP) is 3.00. The molecular weight excluding hydrogens is 298 g/mol. The average molecular weight is 323 g/mol. The van der Waals surface area contributed by atoms with E-state index in [9.17, 15) is 4.79 Å². The summed E-state index contributed by atoms with van der Waals surface area (Å²) < 4.78 is 1.82. The van der Waals surface area contributed by atoms with E-state index in [0.29, 0.717) is 17.7 Å². The van der Waals surface area contributed by atoms with Crippen molar-refractivity contribution in [3.8, 4) is 0 Å². The number of aromatic nitrogens is 2. The molecule has 1 aromatic heterocycles. The van der Waals surface area contributed by atoms with Crippen LogP contribution in [0, 0.1) is 11.8 Å². The molecule has 1 aliphatic carbocycles. The Kier molecular flexibility index (Phi) is 4.13. The lowest BCUT2D eigenvalue weighted by molar-refractivity contribution is -0.134. The van der Waals surface area contributed by atoms with Crippen molar-refractivity contribution in [1.82, 2.24) is 14.7 Å². The Morgan fingerprint density at radius 1 is 1.21 bits per heavy atom. The topological polar surface area (TPSA) is 38.1 Å². The fourth-order valence-electron chi connectivity index (χ4n) is 4.01. The third-order valence-corrected chi connectivity index (χ3v) is 5.55. The molecule has 1 saturated carbocycles. The first kappa shape index (κ1) is 15.4. The number of aryl methyl sites for hydroxylation is 1. The molecule has 0 radical (unpaired) electrons. The van der Waals surface area contributed by atoms with Crippen LogP contribution in [-0.4, -0.2) is 33.7 Å². The maximum atomic E-state index is 12.7. The molecule has 4 rings (SSSR count). The number of hydrogen-bond donors (Lipinski definition) is 0. The second kappa shape index (κ2) is 6.42.